The Morgan fingerprint density at radius 3 is 2.38 bits per heavy atom. The summed E-state index contributed by atoms with van der Waals surface area (Å²) in [4.78, 5) is 25.3. The zero-order valence-corrected chi connectivity index (χ0v) is 22.1. The molecule has 4 aromatic carbocycles. The van der Waals surface area contributed by atoms with Gasteiger partial charge in [-0.1, -0.05) is 84.1 Å². The fourth-order valence-electron chi connectivity index (χ4n) is 4.37. The maximum atomic E-state index is 13.2. The van der Waals surface area contributed by atoms with Crippen molar-refractivity contribution < 1.29 is 9.59 Å². The average molecular weight is 531 g/mol. The van der Waals surface area contributed by atoms with Gasteiger partial charge in [-0.15, -0.1) is 5.10 Å². The fourth-order valence-corrected chi connectivity index (χ4v) is 4.37. The molecule has 1 heterocycles. The molecule has 2 amide bonds. The number of hydrogen-bond acceptors (Lipinski definition) is 5. The normalized spacial score (nSPS) is 11.4. The van der Waals surface area contributed by atoms with E-state index in [1.165, 1.54) is 5.56 Å². The Bertz CT molecular complexity index is 1580. The molecule has 0 saturated heterocycles. The molecule has 0 radical (unpaired) electrons. The number of carbonyl (C=O) groups is 2. The number of nitrogens with one attached hydrogen (secondary N) is 3. The summed E-state index contributed by atoms with van der Waals surface area (Å²) >= 11 is 0. The minimum atomic E-state index is -0.460. The van der Waals surface area contributed by atoms with E-state index in [4.69, 9.17) is 0 Å². The first-order chi connectivity index (χ1) is 19.6. The Hall–Kier alpha value is -5.24. The Morgan fingerprint density at radius 1 is 0.850 bits per heavy atom. The summed E-state index contributed by atoms with van der Waals surface area (Å²) in [6.07, 6.45) is 1.98. The van der Waals surface area contributed by atoms with Crippen molar-refractivity contribution in [1.29, 1.82) is 0 Å². The predicted octanol–water partition coefficient (Wildman–Crippen LogP) is 5.15. The molecule has 8 heteroatoms. The number of amides is 2. The molecule has 8 nitrogen and oxygen atoms in total. The summed E-state index contributed by atoms with van der Waals surface area (Å²) in [5.41, 5.74) is 5.85. The lowest BCUT2D eigenvalue weighted by Gasteiger charge is -2.19. The second-order valence-corrected chi connectivity index (χ2v) is 9.33. The second kappa shape index (κ2) is 12.5. The number of rotatable bonds is 10. The van der Waals surface area contributed by atoms with Crippen LogP contribution in [0, 0.1) is 0 Å². The molecule has 40 heavy (non-hydrogen) atoms. The highest BCUT2D eigenvalue weighted by molar-refractivity contribution is 5.95. The van der Waals surface area contributed by atoms with Crippen LogP contribution in [0.15, 0.2) is 115 Å². The van der Waals surface area contributed by atoms with Gasteiger partial charge in [-0.05, 0) is 41.5 Å². The maximum Gasteiger partial charge on any atom is 0.251 e. The number of benzene rings is 4. The van der Waals surface area contributed by atoms with Crippen LogP contribution in [0.4, 0.5) is 5.69 Å². The molecule has 0 aliphatic heterocycles. The number of carbonyl (C=O) groups excluding carboxylic acids is 2. The smallest absolute Gasteiger partial charge is 0.251 e. The third kappa shape index (κ3) is 6.60. The Balaban J connectivity index is 1.30. The third-order valence-electron chi connectivity index (χ3n) is 6.54. The molecule has 1 aromatic heterocycles. The van der Waals surface area contributed by atoms with E-state index in [0.717, 1.165) is 23.4 Å². The first-order valence-corrected chi connectivity index (χ1v) is 13.1. The van der Waals surface area contributed by atoms with Crippen LogP contribution in [-0.2, 0) is 11.3 Å². The Morgan fingerprint density at radius 2 is 1.60 bits per heavy atom. The lowest BCUT2D eigenvalue weighted by atomic mass is 10.0. The molecule has 5 rings (SSSR count). The quantitative estimate of drug-likeness (QED) is 0.232. The molecule has 0 fully saturated rings. The van der Waals surface area contributed by atoms with Crippen molar-refractivity contribution in [3.05, 3.63) is 132 Å². The van der Waals surface area contributed by atoms with Gasteiger partial charge < -0.3 is 16.0 Å². The molecule has 0 spiro atoms. The highest BCUT2D eigenvalue weighted by Crippen LogP contribution is 2.23. The largest absolute Gasteiger partial charge is 0.381 e. The van der Waals surface area contributed by atoms with E-state index >= 15 is 0 Å². The first kappa shape index (κ1) is 26.4. The number of anilines is 1. The average Bonchev–Trinajstić information content (AvgIpc) is 3.51. The number of nitrogens with zero attached hydrogens (tertiary/aromatic N) is 3. The molecular weight excluding hydrogens is 500 g/mol. The van der Waals surface area contributed by atoms with Crippen LogP contribution in [0.5, 0.6) is 0 Å². The van der Waals surface area contributed by atoms with Crippen LogP contribution in [0.2, 0.25) is 0 Å². The monoisotopic (exact) mass is 530 g/mol. The van der Waals surface area contributed by atoms with Crippen molar-refractivity contribution in [2.45, 2.75) is 19.0 Å². The van der Waals surface area contributed by atoms with Gasteiger partial charge in [0.1, 0.15) is 5.69 Å². The Kier molecular flexibility index (Phi) is 8.26. The fraction of sp³-hybridized carbons (Fsp3) is 0.125. The molecule has 0 aliphatic carbocycles. The minimum Gasteiger partial charge on any atom is -0.381 e. The van der Waals surface area contributed by atoms with Crippen molar-refractivity contribution in [3.8, 4) is 16.9 Å². The van der Waals surface area contributed by atoms with Gasteiger partial charge in [-0.3, -0.25) is 9.59 Å². The van der Waals surface area contributed by atoms with E-state index < -0.39 is 6.04 Å². The van der Waals surface area contributed by atoms with Crippen molar-refractivity contribution in [2.24, 2.45) is 0 Å². The molecule has 3 N–H and O–H groups in total. The minimum absolute atomic E-state index is 0.137. The third-order valence-corrected chi connectivity index (χ3v) is 6.54. The predicted molar refractivity (Wildman–Crippen MR) is 156 cm³/mol. The lowest BCUT2D eigenvalue weighted by molar-refractivity contribution is -0.121. The van der Waals surface area contributed by atoms with Crippen LogP contribution in [-0.4, -0.2) is 33.9 Å². The number of aromatic nitrogens is 3. The summed E-state index contributed by atoms with van der Waals surface area (Å²) in [5.74, 6) is -0.436. The van der Waals surface area contributed by atoms with Gasteiger partial charge in [-0.25, -0.2) is 4.68 Å². The summed E-state index contributed by atoms with van der Waals surface area (Å²) in [6.45, 7) is 0.722. The summed E-state index contributed by atoms with van der Waals surface area (Å²) in [5, 5.41) is 17.8. The lowest BCUT2D eigenvalue weighted by Crippen LogP contribution is -2.32. The van der Waals surface area contributed by atoms with E-state index in [1.54, 1.807) is 29.9 Å². The van der Waals surface area contributed by atoms with E-state index in [1.807, 2.05) is 85.1 Å². The highest BCUT2D eigenvalue weighted by atomic mass is 16.2. The standard InChI is InChI=1S/C32H30N6O2/c1-33-31(39)20-29(24-12-6-3-7-13-24)35-32(40)26-15-9-17-28(19-26)38-22-30(36-37-38)25-14-8-16-27(18-25)34-21-23-10-4-2-5-11-23/h2-19,22,29,34H,20-21H2,1H3,(H,33,39)(H,35,40). The van der Waals surface area contributed by atoms with Crippen molar-refractivity contribution >= 4 is 17.5 Å². The van der Waals surface area contributed by atoms with Gasteiger partial charge in [-0.2, -0.15) is 0 Å². The second-order valence-electron chi connectivity index (χ2n) is 9.33. The van der Waals surface area contributed by atoms with E-state index in [9.17, 15) is 9.59 Å². The van der Waals surface area contributed by atoms with Crippen LogP contribution in [0.25, 0.3) is 16.9 Å². The zero-order valence-electron chi connectivity index (χ0n) is 22.1. The van der Waals surface area contributed by atoms with Crippen LogP contribution in [0.3, 0.4) is 0 Å². The van der Waals surface area contributed by atoms with Gasteiger partial charge in [0.25, 0.3) is 5.91 Å². The van der Waals surface area contributed by atoms with Crippen molar-refractivity contribution in [2.75, 3.05) is 12.4 Å². The van der Waals surface area contributed by atoms with Gasteiger partial charge in [0.15, 0.2) is 0 Å². The SMILES string of the molecule is CNC(=O)CC(NC(=O)c1cccc(-n2cc(-c3cccc(NCc4ccccc4)c3)nn2)c1)c1ccccc1. The molecule has 0 aliphatic rings. The van der Waals surface area contributed by atoms with Gasteiger partial charge >= 0.3 is 0 Å². The van der Waals surface area contributed by atoms with Crippen molar-refractivity contribution in [1.82, 2.24) is 25.6 Å². The molecule has 0 saturated carbocycles. The summed E-state index contributed by atoms with van der Waals surface area (Å²) in [7, 11) is 1.58. The van der Waals surface area contributed by atoms with Crippen LogP contribution >= 0.6 is 0 Å². The first-order valence-electron chi connectivity index (χ1n) is 13.1. The zero-order chi connectivity index (χ0) is 27.7. The van der Waals surface area contributed by atoms with Crippen LogP contribution < -0.4 is 16.0 Å². The van der Waals surface area contributed by atoms with Crippen LogP contribution in [0.1, 0.15) is 33.9 Å². The molecule has 5 aromatic rings. The topological polar surface area (TPSA) is 101 Å². The molecule has 1 unspecified atom stereocenters. The molecule has 1 atom stereocenters. The van der Waals surface area contributed by atoms with E-state index in [2.05, 4.69) is 38.4 Å². The van der Waals surface area contributed by atoms with Gasteiger partial charge in [0, 0.05) is 30.4 Å². The van der Waals surface area contributed by atoms with Gasteiger partial charge in [0.05, 0.1) is 24.3 Å². The molecular formula is C32H30N6O2. The van der Waals surface area contributed by atoms with Crippen molar-refractivity contribution in [3.63, 3.8) is 0 Å². The van der Waals surface area contributed by atoms with E-state index in [0.29, 0.717) is 16.9 Å². The van der Waals surface area contributed by atoms with E-state index in [-0.39, 0.29) is 18.2 Å². The Labute approximate surface area is 233 Å². The maximum absolute atomic E-state index is 13.2. The molecule has 0 bridgehead atoms. The highest BCUT2D eigenvalue weighted by Gasteiger charge is 2.19. The number of hydrogen-bond donors (Lipinski definition) is 3. The van der Waals surface area contributed by atoms with Gasteiger partial charge in [0.2, 0.25) is 5.91 Å². The molecule has 200 valence electrons. The summed E-state index contributed by atoms with van der Waals surface area (Å²) < 4.78 is 1.65. The summed E-state index contributed by atoms with van der Waals surface area (Å²) in [6, 6.07) is 34.4.